The SMILES string of the molecule is Cc1c(Cl)ccc(CC(C)CCl)c1F. The Labute approximate surface area is 94.0 Å². The fourth-order valence-electron chi connectivity index (χ4n) is 1.31. The topological polar surface area (TPSA) is 0 Å². The van der Waals surface area contributed by atoms with Crippen LogP contribution >= 0.6 is 23.2 Å². The van der Waals surface area contributed by atoms with Gasteiger partial charge in [-0.2, -0.15) is 0 Å². The standard InChI is InChI=1S/C11H13Cl2F/c1-7(6-12)5-9-3-4-10(13)8(2)11(9)14/h3-4,7H,5-6H2,1-2H3. The predicted octanol–water partition coefficient (Wildman–Crippen LogP) is 4.20. The van der Waals surface area contributed by atoms with Crippen molar-refractivity contribution in [3.63, 3.8) is 0 Å². The van der Waals surface area contributed by atoms with Crippen LogP contribution in [0.2, 0.25) is 5.02 Å². The molecule has 1 unspecified atom stereocenters. The highest BCUT2D eigenvalue weighted by molar-refractivity contribution is 6.31. The minimum Gasteiger partial charge on any atom is -0.206 e. The second-order valence-corrected chi connectivity index (χ2v) is 4.32. The van der Waals surface area contributed by atoms with Gasteiger partial charge >= 0.3 is 0 Å². The number of hydrogen-bond acceptors (Lipinski definition) is 0. The number of benzene rings is 1. The molecule has 14 heavy (non-hydrogen) atoms. The van der Waals surface area contributed by atoms with Crippen molar-refractivity contribution in [2.75, 3.05) is 5.88 Å². The summed E-state index contributed by atoms with van der Waals surface area (Å²) in [7, 11) is 0. The second-order valence-electron chi connectivity index (χ2n) is 3.61. The van der Waals surface area contributed by atoms with Gasteiger partial charge in [-0.15, -0.1) is 11.6 Å². The van der Waals surface area contributed by atoms with E-state index < -0.39 is 0 Å². The Morgan fingerprint density at radius 2 is 2.07 bits per heavy atom. The molecule has 3 heteroatoms. The fraction of sp³-hybridized carbons (Fsp3) is 0.455. The van der Waals surface area contributed by atoms with E-state index in [-0.39, 0.29) is 11.7 Å². The highest BCUT2D eigenvalue weighted by Gasteiger charge is 2.10. The first-order chi connectivity index (χ1) is 6.56. The maximum absolute atomic E-state index is 13.6. The number of hydrogen-bond donors (Lipinski definition) is 0. The quantitative estimate of drug-likeness (QED) is 0.688. The van der Waals surface area contributed by atoms with Crippen molar-refractivity contribution >= 4 is 23.2 Å². The Hall–Kier alpha value is -0.270. The summed E-state index contributed by atoms with van der Waals surface area (Å²) in [6, 6.07) is 3.46. The van der Waals surface area contributed by atoms with Crippen LogP contribution in [0, 0.1) is 18.7 Å². The van der Waals surface area contributed by atoms with Crippen LogP contribution < -0.4 is 0 Å². The van der Waals surface area contributed by atoms with E-state index in [1.54, 1.807) is 19.1 Å². The molecule has 0 nitrogen and oxygen atoms in total. The van der Waals surface area contributed by atoms with Crippen molar-refractivity contribution in [1.82, 2.24) is 0 Å². The zero-order valence-corrected chi connectivity index (χ0v) is 9.79. The van der Waals surface area contributed by atoms with Crippen LogP contribution in [-0.4, -0.2) is 5.88 Å². The molecule has 1 rings (SSSR count). The molecule has 1 aromatic rings. The highest BCUT2D eigenvalue weighted by atomic mass is 35.5. The lowest BCUT2D eigenvalue weighted by molar-refractivity contribution is 0.570. The molecule has 0 amide bonds. The Kier molecular flexibility index (Phi) is 4.21. The maximum atomic E-state index is 13.6. The Morgan fingerprint density at radius 1 is 1.43 bits per heavy atom. The molecule has 0 aliphatic carbocycles. The van der Waals surface area contributed by atoms with E-state index in [0.717, 1.165) is 0 Å². The zero-order chi connectivity index (χ0) is 10.7. The van der Waals surface area contributed by atoms with Crippen LogP contribution in [0.3, 0.4) is 0 Å². The van der Waals surface area contributed by atoms with Gasteiger partial charge in [0.25, 0.3) is 0 Å². The summed E-state index contributed by atoms with van der Waals surface area (Å²) in [5, 5.41) is 0.477. The Morgan fingerprint density at radius 3 is 2.64 bits per heavy atom. The third-order valence-electron chi connectivity index (χ3n) is 2.23. The molecule has 1 atom stereocenters. The van der Waals surface area contributed by atoms with Gasteiger partial charge in [0.15, 0.2) is 0 Å². The van der Waals surface area contributed by atoms with Gasteiger partial charge < -0.3 is 0 Å². The van der Waals surface area contributed by atoms with Crippen molar-refractivity contribution in [1.29, 1.82) is 0 Å². The summed E-state index contributed by atoms with van der Waals surface area (Å²) < 4.78 is 13.6. The normalized spacial score (nSPS) is 12.9. The first-order valence-corrected chi connectivity index (χ1v) is 5.47. The van der Waals surface area contributed by atoms with E-state index in [1.165, 1.54) is 0 Å². The molecule has 0 spiro atoms. The Bertz CT molecular complexity index is 323. The monoisotopic (exact) mass is 234 g/mol. The molecule has 1 aromatic carbocycles. The fourth-order valence-corrected chi connectivity index (χ4v) is 1.56. The van der Waals surface area contributed by atoms with Crippen LogP contribution in [0.1, 0.15) is 18.1 Å². The molecule has 0 bridgehead atoms. The largest absolute Gasteiger partial charge is 0.206 e. The number of rotatable bonds is 3. The molecule has 0 N–H and O–H groups in total. The lowest BCUT2D eigenvalue weighted by Crippen LogP contribution is -2.04. The van der Waals surface area contributed by atoms with Gasteiger partial charge in [0.05, 0.1) is 0 Å². The van der Waals surface area contributed by atoms with E-state index in [0.29, 0.717) is 28.5 Å². The van der Waals surface area contributed by atoms with Crippen molar-refractivity contribution in [3.8, 4) is 0 Å². The van der Waals surface area contributed by atoms with E-state index >= 15 is 0 Å². The van der Waals surface area contributed by atoms with Crippen molar-refractivity contribution < 1.29 is 4.39 Å². The van der Waals surface area contributed by atoms with E-state index in [1.807, 2.05) is 6.92 Å². The smallest absolute Gasteiger partial charge is 0.130 e. The number of alkyl halides is 1. The highest BCUT2D eigenvalue weighted by Crippen LogP contribution is 2.23. The lowest BCUT2D eigenvalue weighted by atomic mass is 10.0. The Balaban J connectivity index is 2.94. The molecule has 0 aliphatic heterocycles. The first-order valence-electron chi connectivity index (χ1n) is 4.55. The summed E-state index contributed by atoms with van der Waals surface area (Å²) in [6.45, 7) is 3.68. The van der Waals surface area contributed by atoms with Gasteiger partial charge in [0, 0.05) is 16.5 Å². The second kappa shape index (κ2) is 4.99. The molecule has 0 fully saturated rings. The molecule has 0 aromatic heterocycles. The third kappa shape index (κ3) is 2.61. The molecule has 78 valence electrons. The summed E-state index contributed by atoms with van der Waals surface area (Å²) in [6.07, 6.45) is 0.660. The van der Waals surface area contributed by atoms with Gasteiger partial charge in [0.2, 0.25) is 0 Å². The van der Waals surface area contributed by atoms with Gasteiger partial charge in [0.1, 0.15) is 5.82 Å². The third-order valence-corrected chi connectivity index (χ3v) is 3.17. The molecule has 0 heterocycles. The molecule has 0 radical (unpaired) electrons. The van der Waals surface area contributed by atoms with Crippen molar-refractivity contribution in [2.24, 2.45) is 5.92 Å². The van der Waals surface area contributed by atoms with Crippen LogP contribution in [0.5, 0.6) is 0 Å². The lowest BCUT2D eigenvalue weighted by Gasteiger charge is -2.10. The molecule has 0 aliphatic rings. The molecular formula is C11H13Cl2F. The summed E-state index contributed by atoms with van der Waals surface area (Å²) in [4.78, 5) is 0. The molecule has 0 saturated heterocycles. The minimum absolute atomic E-state index is 0.200. The van der Waals surface area contributed by atoms with Crippen LogP contribution in [0.25, 0.3) is 0 Å². The van der Waals surface area contributed by atoms with Crippen LogP contribution in [0.15, 0.2) is 12.1 Å². The van der Waals surface area contributed by atoms with Crippen LogP contribution in [-0.2, 0) is 6.42 Å². The minimum atomic E-state index is -0.200. The average molecular weight is 235 g/mol. The average Bonchev–Trinajstić information content (AvgIpc) is 2.19. The van der Waals surface area contributed by atoms with Crippen LogP contribution in [0.4, 0.5) is 4.39 Å². The van der Waals surface area contributed by atoms with Gasteiger partial charge in [-0.25, -0.2) is 4.39 Å². The van der Waals surface area contributed by atoms with Gasteiger partial charge in [-0.05, 0) is 30.9 Å². The van der Waals surface area contributed by atoms with Crippen molar-refractivity contribution in [2.45, 2.75) is 20.3 Å². The molecular weight excluding hydrogens is 222 g/mol. The van der Waals surface area contributed by atoms with E-state index in [2.05, 4.69) is 0 Å². The maximum Gasteiger partial charge on any atom is 0.130 e. The van der Waals surface area contributed by atoms with Crippen molar-refractivity contribution in [3.05, 3.63) is 34.1 Å². The van der Waals surface area contributed by atoms with Gasteiger partial charge in [-0.3, -0.25) is 0 Å². The predicted molar refractivity (Wildman–Crippen MR) is 59.7 cm³/mol. The molecule has 0 saturated carbocycles. The van der Waals surface area contributed by atoms with E-state index in [4.69, 9.17) is 23.2 Å². The summed E-state index contributed by atoms with van der Waals surface area (Å²) in [5.41, 5.74) is 1.21. The van der Waals surface area contributed by atoms with Gasteiger partial charge in [-0.1, -0.05) is 24.6 Å². The zero-order valence-electron chi connectivity index (χ0n) is 8.28. The first kappa shape index (κ1) is 11.8. The van der Waals surface area contributed by atoms with E-state index in [9.17, 15) is 4.39 Å². The number of halogens is 3. The summed E-state index contributed by atoms with van der Waals surface area (Å²) in [5.74, 6) is 0.627. The summed E-state index contributed by atoms with van der Waals surface area (Å²) >= 11 is 11.5.